The van der Waals surface area contributed by atoms with Crippen molar-refractivity contribution >= 4 is 11.8 Å². The molecule has 0 amide bonds. The monoisotopic (exact) mass is 199 g/mol. The Hall–Kier alpha value is -1.94. The summed E-state index contributed by atoms with van der Waals surface area (Å²) in [6, 6.07) is 1.08. The molecule has 2 aliphatic rings. The Morgan fingerprint density at radius 3 is 2.86 bits per heavy atom. The molecule has 0 spiro atoms. The van der Waals surface area contributed by atoms with E-state index in [2.05, 4.69) is 9.73 Å². The number of carbonyl (C=O) groups excluding carboxylic acids is 1. The van der Waals surface area contributed by atoms with E-state index < -0.39 is 17.4 Å². The van der Waals surface area contributed by atoms with Crippen LogP contribution in [0.3, 0.4) is 0 Å². The predicted octanol–water partition coefficient (Wildman–Crippen LogP) is 1.66. The number of nitrogens with zero attached hydrogens (tertiary/aromatic N) is 1. The molecule has 6 heteroatoms. The molecule has 0 saturated heterocycles. The van der Waals surface area contributed by atoms with E-state index in [4.69, 9.17) is 4.74 Å². The number of rotatable bonds is 1. The first-order valence-corrected chi connectivity index (χ1v) is 3.59. The highest BCUT2D eigenvalue weighted by molar-refractivity contribution is 5.62. The highest BCUT2D eigenvalue weighted by Crippen LogP contribution is 2.39. The first-order chi connectivity index (χ1) is 6.74. The van der Waals surface area contributed by atoms with Crippen LogP contribution in [0.1, 0.15) is 0 Å². The molecule has 3 rings (SSSR count). The minimum Gasteiger partial charge on any atom is -0.454 e. The molecule has 72 valence electrons. The zero-order chi connectivity index (χ0) is 10.1. The van der Waals surface area contributed by atoms with E-state index >= 15 is 0 Å². The van der Waals surface area contributed by atoms with Gasteiger partial charge in [-0.05, 0) is 0 Å². The minimum absolute atomic E-state index is 0.133. The van der Waals surface area contributed by atoms with Crippen molar-refractivity contribution in [1.82, 2.24) is 0 Å². The quantitative estimate of drug-likeness (QED) is 0.510. The number of aliphatic imine (C=N–C) groups is 1. The Kier molecular flexibility index (Phi) is 1.90. The second-order valence-corrected chi connectivity index (χ2v) is 2.46. The molecule has 1 aromatic carbocycles. The van der Waals surface area contributed by atoms with Crippen LogP contribution in [-0.4, -0.2) is 12.9 Å². The van der Waals surface area contributed by atoms with Crippen molar-refractivity contribution in [2.24, 2.45) is 4.99 Å². The lowest BCUT2D eigenvalue weighted by atomic mass is 10.2. The lowest BCUT2D eigenvalue weighted by Gasteiger charge is -2.01. The SMILES string of the molecule is O=C=Nc1cc2c(F)c(F)c1OCO2. The maximum absolute atomic E-state index is 13.1. The van der Waals surface area contributed by atoms with E-state index in [1.54, 1.807) is 0 Å². The summed E-state index contributed by atoms with van der Waals surface area (Å²) in [7, 11) is 0. The molecule has 14 heavy (non-hydrogen) atoms. The van der Waals surface area contributed by atoms with Crippen LogP contribution >= 0.6 is 0 Å². The number of fused-ring (bicyclic) bond motifs is 4. The standard InChI is InChI=1S/C8H3F2NO3/c9-6-5-1-4(11-2-12)8(7(6)10)14-3-13-5/h1H,3H2. The molecule has 0 aliphatic carbocycles. The lowest BCUT2D eigenvalue weighted by molar-refractivity contribution is 0.123. The normalized spacial score (nSPS) is 12.4. The third-order valence-corrected chi connectivity index (χ3v) is 1.69. The third kappa shape index (κ3) is 1.13. The van der Waals surface area contributed by atoms with Gasteiger partial charge in [0.2, 0.25) is 24.5 Å². The fourth-order valence-corrected chi connectivity index (χ4v) is 1.10. The average molecular weight is 199 g/mol. The van der Waals surface area contributed by atoms with Crippen molar-refractivity contribution < 1.29 is 23.0 Å². The van der Waals surface area contributed by atoms with Gasteiger partial charge in [0.15, 0.2) is 11.5 Å². The lowest BCUT2D eigenvalue weighted by Crippen LogP contribution is -2.01. The Morgan fingerprint density at radius 1 is 1.36 bits per heavy atom. The third-order valence-electron chi connectivity index (χ3n) is 1.69. The van der Waals surface area contributed by atoms with Crippen LogP contribution in [0.5, 0.6) is 11.5 Å². The molecular formula is C8H3F2NO3. The maximum Gasteiger partial charge on any atom is 0.240 e. The molecule has 0 fully saturated rings. The van der Waals surface area contributed by atoms with Crippen LogP contribution in [0.15, 0.2) is 11.1 Å². The van der Waals surface area contributed by atoms with Gasteiger partial charge in [0.1, 0.15) is 5.69 Å². The van der Waals surface area contributed by atoms with Gasteiger partial charge in [-0.15, -0.1) is 0 Å². The van der Waals surface area contributed by atoms with Gasteiger partial charge in [0.05, 0.1) is 0 Å². The zero-order valence-electron chi connectivity index (χ0n) is 6.71. The Morgan fingerprint density at radius 2 is 2.14 bits per heavy atom. The van der Waals surface area contributed by atoms with E-state index in [-0.39, 0.29) is 18.2 Å². The van der Waals surface area contributed by atoms with Gasteiger partial charge in [0, 0.05) is 6.07 Å². The van der Waals surface area contributed by atoms with E-state index in [0.29, 0.717) is 0 Å². The number of isocyanates is 1. The molecule has 0 N–H and O–H groups in total. The summed E-state index contributed by atoms with van der Waals surface area (Å²) in [5.41, 5.74) is -0.133. The molecule has 1 aromatic rings. The Balaban J connectivity index is 2.72. The van der Waals surface area contributed by atoms with Crippen molar-refractivity contribution in [1.29, 1.82) is 0 Å². The summed E-state index contributed by atoms with van der Waals surface area (Å²) in [5, 5.41) is 0. The summed E-state index contributed by atoms with van der Waals surface area (Å²) in [6.07, 6.45) is 1.21. The molecule has 0 radical (unpaired) electrons. The van der Waals surface area contributed by atoms with Crippen molar-refractivity contribution in [3.63, 3.8) is 0 Å². The van der Waals surface area contributed by atoms with E-state index in [9.17, 15) is 13.6 Å². The summed E-state index contributed by atoms with van der Waals surface area (Å²) in [4.78, 5) is 13.1. The van der Waals surface area contributed by atoms with Crippen LogP contribution in [0.4, 0.5) is 14.5 Å². The van der Waals surface area contributed by atoms with Gasteiger partial charge < -0.3 is 9.47 Å². The molecule has 0 unspecified atom stereocenters. The van der Waals surface area contributed by atoms with Gasteiger partial charge in [-0.1, -0.05) is 0 Å². The topological polar surface area (TPSA) is 47.9 Å². The number of hydrogen-bond donors (Lipinski definition) is 0. The van der Waals surface area contributed by atoms with Crippen LogP contribution in [0.25, 0.3) is 0 Å². The zero-order valence-corrected chi connectivity index (χ0v) is 6.71. The molecule has 2 bridgehead atoms. The molecule has 2 aliphatic heterocycles. The molecular weight excluding hydrogens is 196 g/mol. The number of hydrogen-bond acceptors (Lipinski definition) is 4. The molecule has 0 aromatic heterocycles. The van der Waals surface area contributed by atoms with Gasteiger partial charge in [-0.2, -0.15) is 13.8 Å². The number of ether oxygens (including phenoxy) is 2. The van der Waals surface area contributed by atoms with Crippen LogP contribution < -0.4 is 9.47 Å². The highest BCUT2D eigenvalue weighted by Gasteiger charge is 2.24. The highest BCUT2D eigenvalue weighted by atomic mass is 19.2. The largest absolute Gasteiger partial charge is 0.454 e. The maximum atomic E-state index is 13.1. The Bertz CT molecular complexity index is 441. The molecule has 0 atom stereocenters. The summed E-state index contributed by atoms with van der Waals surface area (Å²) < 4.78 is 35.5. The minimum atomic E-state index is -1.21. The second-order valence-electron chi connectivity index (χ2n) is 2.46. The van der Waals surface area contributed by atoms with E-state index in [1.165, 1.54) is 6.08 Å². The molecule has 0 saturated carbocycles. The summed E-state index contributed by atoms with van der Waals surface area (Å²) in [5.74, 6) is -3.14. The fourth-order valence-electron chi connectivity index (χ4n) is 1.10. The average Bonchev–Trinajstić information content (AvgIpc) is 2.44. The van der Waals surface area contributed by atoms with E-state index in [0.717, 1.165) is 6.07 Å². The van der Waals surface area contributed by atoms with Crippen LogP contribution in [0.2, 0.25) is 0 Å². The number of benzene rings is 1. The predicted molar refractivity (Wildman–Crippen MR) is 40.3 cm³/mol. The summed E-state index contributed by atoms with van der Waals surface area (Å²) >= 11 is 0. The smallest absolute Gasteiger partial charge is 0.240 e. The second kappa shape index (κ2) is 3.08. The first-order valence-electron chi connectivity index (χ1n) is 3.59. The summed E-state index contributed by atoms with van der Waals surface area (Å²) in [6.45, 7) is -0.320. The van der Waals surface area contributed by atoms with Crippen molar-refractivity contribution in [3.05, 3.63) is 17.7 Å². The van der Waals surface area contributed by atoms with Gasteiger partial charge >= 0.3 is 0 Å². The van der Waals surface area contributed by atoms with Gasteiger partial charge in [0.25, 0.3) is 0 Å². The Labute approximate surface area is 76.8 Å². The van der Waals surface area contributed by atoms with Crippen LogP contribution in [0, 0.1) is 11.6 Å². The van der Waals surface area contributed by atoms with Gasteiger partial charge in [-0.25, -0.2) is 4.79 Å². The van der Waals surface area contributed by atoms with Crippen molar-refractivity contribution in [3.8, 4) is 11.5 Å². The van der Waals surface area contributed by atoms with Crippen molar-refractivity contribution in [2.45, 2.75) is 0 Å². The number of halogens is 2. The first kappa shape index (κ1) is 8.65. The fraction of sp³-hybridized carbons (Fsp3) is 0.125. The molecule has 4 nitrogen and oxygen atoms in total. The van der Waals surface area contributed by atoms with Crippen LogP contribution in [-0.2, 0) is 4.79 Å². The molecule has 2 heterocycles. The van der Waals surface area contributed by atoms with E-state index in [1.807, 2.05) is 0 Å². The van der Waals surface area contributed by atoms with Crippen molar-refractivity contribution in [2.75, 3.05) is 6.79 Å². The van der Waals surface area contributed by atoms with Gasteiger partial charge in [-0.3, -0.25) is 0 Å².